The molecule has 6 heteroatoms. The van der Waals surface area contributed by atoms with Gasteiger partial charge in [0, 0.05) is 24.3 Å². The first-order valence-corrected chi connectivity index (χ1v) is 11.6. The summed E-state index contributed by atoms with van der Waals surface area (Å²) in [5.74, 6) is 0.602. The van der Waals surface area contributed by atoms with E-state index in [1.165, 1.54) is 23.8 Å². The second-order valence-corrected chi connectivity index (χ2v) is 8.64. The van der Waals surface area contributed by atoms with E-state index in [1.807, 2.05) is 60.8 Å². The third-order valence-corrected chi connectivity index (χ3v) is 6.40. The monoisotopic (exact) mass is 442 g/mol. The van der Waals surface area contributed by atoms with Crippen LogP contribution in [0.25, 0.3) is 11.0 Å². The Bertz CT molecular complexity index is 1170. The lowest BCUT2D eigenvalue weighted by molar-refractivity contribution is -0.0672. The Hall–Kier alpha value is -3.03. The van der Waals surface area contributed by atoms with Crippen LogP contribution in [0.15, 0.2) is 79.1 Å². The van der Waals surface area contributed by atoms with E-state index in [4.69, 9.17) is 4.84 Å². The fraction of sp³-hybridized carbons (Fsp3) is 0.296. The second-order valence-electron chi connectivity index (χ2n) is 8.64. The van der Waals surface area contributed by atoms with Gasteiger partial charge >= 0.3 is 0 Å². The number of aromatic nitrogens is 2. The van der Waals surface area contributed by atoms with Crippen LogP contribution in [0.5, 0.6) is 0 Å². The molecule has 4 aromatic rings. The van der Waals surface area contributed by atoms with E-state index in [2.05, 4.69) is 38.7 Å². The largest absolute Gasteiger partial charge is 0.372 e. The number of nitrogens with zero attached hydrogens (tertiary/aromatic N) is 2. The van der Waals surface area contributed by atoms with Crippen LogP contribution >= 0.6 is 0 Å². The van der Waals surface area contributed by atoms with E-state index in [9.17, 15) is 5.11 Å². The Kier molecular flexibility index (Phi) is 6.79. The van der Waals surface area contributed by atoms with Crippen molar-refractivity contribution < 1.29 is 9.94 Å². The molecule has 1 fully saturated rings. The van der Waals surface area contributed by atoms with Crippen LogP contribution < -0.4 is 10.8 Å². The molecule has 170 valence electrons. The zero-order chi connectivity index (χ0) is 22.5. The van der Waals surface area contributed by atoms with Crippen molar-refractivity contribution in [1.29, 1.82) is 0 Å². The maximum Gasteiger partial charge on any atom is 0.152 e. The minimum absolute atomic E-state index is 0.392. The standard InChI is InChI=1S/C27H30N4O2/c32-27(30-33-19-21-4-2-1-3-5-21)23-8-6-20(7-9-23)18-31-17-13-25-24(12-16-29-26(25)31)22-10-14-28-15-11-22/h1-9,12-13,16-17,22,27-28,30,32H,10-11,14-15,18-19H2. The van der Waals surface area contributed by atoms with Gasteiger partial charge in [-0.1, -0.05) is 54.6 Å². The van der Waals surface area contributed by atoms with E-state index >= 15 is 0 Å². The molecule has 3 N–H and O–H groups in total. The first-order valence-electron chi connectivity index (χ1n) is 11.6. The molecule has 0 amide bonds. The lowest BCUT2D eigenvalue weighted by atomic mass is 9.89. The normalized spacial score (nSPS) is 15.7. The molecule has 1 aliphatic heterocycles. The van der Waals surface area contributed by atoms with Crippen molar-refractivity contribution in [2.24, 2.45) is 0 Å². The topological polar surface area (TPSA) is 71.3 Å². The van der Waals surface area contributed by atoms with Gasteiger partial charge in [-0.15, -0.1) is 0 Å². The van der Waals surface area contributed by atoms with Gasteiger partial charge in [-0.25, -0.2) is 4.98 Å². The molecule has 1 aliphatic rings. The van der Waals surface area contributed by atoms with Crippen LogP contribution in [0.1, 0.15) is 47.2 Å². The number of benzene rings is 2. The van der Waals surface area contributed by atoms with E-state index < -0.39 is 6.23 Å². The Morgan fingerprint density at radius 2 is 1.79 bits per heavy atom. The molecule has 1 saturated heterocycles. The lowest BCUT2D eigenvalue weighted by Gasteiger charge is -2.23. The molecular formula is C27H30N4O2. The first-order chi connectivity index (χ1) is 16.3. The number of nitrogens with one attached hydrogen (secondary N) is 2. The number of aliphatic hydroxyl groups is 1. The fourth-order valence-electron chi connectivity index (χ4n) is 4.58. The minimum atomic E-state index is -0.885. The summed E-state index contributed by atoms with van der Waals surface area (Å²) in [5, 5.41) is 15.1. The van der Waals surface area contributed by atoms with Gasteiger partial charge in [0.25, 0.3) is 0 Å². The molecule has 33 heavy (non-hydrogen) atoms. The number of fused-ring (bicyclic) bond motifs is 1. The van der Waals surface area contributed by atoms with Gasteiger partial charge < -0.3 is 15.0 Å². The summed E-state index contributed by atoms with van der Waals surface area (Å²) in [6.07, 6.45) is 5.54. The predicted molar refractivity (Wildman–Crippen MR) is 129 cm³/mol. The van der Waals surface area contributed by atoms with E-state index in [0.29, 0.717) is 12.5 Å². The molecular weight excluding hydrogens is 412 g/mol. The van der Waals surface area contributed by atoms with Crippen molar-refractivity contribution in [3.63, 3.8) is 0 Å². The van der Waals surface area contributed by atoms with Crippen LogP contribution in [0.3, 0.4) is 0 Å². The zero-order valence-electron chi connectivity index (χ0n) is 18.7. The van der Waals surface area contributed by atoms with Crippen molar-refractivity contribution in [2.75, 3.05) is 13.1 Å². The molecule has 1 atom stereocenters. The van der Waals surface area contributed by atoms with Gasteiger partial charge in [0.1, 0.15) is 5.65 Å². The molecule has 0 radical (unpaired) electrons. The minimum Gasteiger partial charge on any atom is -0.372 e. The highest BCUT2D eigenvalue weighted by Gasteiger charge is 2.19. The van der Waals surface area contributed by atoms with Gasteiger partial charge in [-0.2, -0.15) is 5.48 Å². The van der Waals surface area contributed by atoms with Gasteiger partial charge in [-0.05, 0) is 66.2 Å². The Balaban J connectivity index is 1.23. The van der Waals surface area contributed by atoms with Crippen molar-refractivity contribution in [1.82, 2.24) is 20.3 Å². The van der Waals surface area contributed by atoms with E-state index in [0.717, 1.165) is 42.0 Å². The maximum atomic E-state index is 10.4. The quantitative estimate of drug-likeness (QED) is 0.281. The van der Waals surface area contributed by atoms with Crippen molar-refractivity contribution in [2.45, 2.75) is 38.1 Å². The number of hydroxylamine groups is 1. The van der Waals surface area contributed by atoms with Gasteiger partial charge in [0.15, 0.2) is 6.23 Å². The fourth-order valence-corrected chi connectivity index (χ4v) is 4.58. The first kappa shape index (κ1) is 21.8. The van der Waals surface area contributed by atoms with Crippen molar-refractivity contribution in [3.8, 4) is 0 Å². The average Bonchev–Trinajstić information content (AvgIpc) is 3.28. The van der Waals surface area contributed by atoms with Crippen molar-refractivity contribution >= 4 is 11.0 Å². The predicted octanol–water partition coefficient (Wildman–Crippen LogP) is 4.26. The maximum absolute atomic E-state index is 10.4. The molecule has 2 aromatic carbocycles. The Labute approximate surface area is 194 Å². The highest BCUT2D eigenvalue weighted by Crippen LogP contribution is 2.31. The summed E-state index contributed by atoms with van der Waals surface area (Å²) < 4.78 is 2.20. The third kappa shape index (κ3) is 5.15. The number of pyridine rings is 1. The van der Waals surface area contributed by atoms with E-state index in [1.54, 1.807) is 0 Å². The molecule has 0 bridgehead atoms. The molecule has 2 aromatic heterocycles. The van der Waals surface area contributed by atoms with Crippen LogP contribution in [0.4, 0.5) is 0 Å². The van der Waals surface area contributed by atoms with Gasteiger partial charge in [-0.3, -0.25) is 4.84 Å². The summed E-state index contributed by atoms with van der Waals surface area (Å²) in [6.45, 7) is 3.29. The molecule has 6 nitrogen and oxygen atoms in total. The number of hydrogen-bond acceptors (Lipinski definition) is 5. The number of piperidine rings is 1. The SMILES string of the molecule is OC(NOCc1ccccc1)c1ccc(Cn2ccc3c(C4CCNCC4)ccnc32)cc1. The molecule has 1 unspecified atom stereocenters. The Morgan fingerprint density at radius 3 is 2.58 bits per heavy atom. The molecule has 3 heterocycles. The highest BCUT2D eigenvalue weighted by molar-refractivity contribution is 5.80. The van der Waals surface area contributed by atoms with Gasteiger partial charge in [0.05, 0.1) is 6.61 Å². The van der Waals surface area contributed by atoms with Crippen LogP contribution in [0.2, 0.25) is 0 Å². The van der Waals surface area contributed by atoms with Crippen LogP contribution in [-0.4, -0.2) is 27.7 Å². The van der Waals surface area contributed by atoms with Gasteiger partial charge in [0.2, 0.25) is 0 Å². The lowest BCUT2D eigenvalue weighted by Crippen LogP contribution is -2.26. The smallest absolute Gasteiger partial charge is 0.152 e. The third-order valence-electron chi connectivity index (χ3n) is 6.40. The summed E-state index contributed by atoms with van der Waals surface area (Å²) in [5.41, 5.74) is 8.12. The second kappa shape index (κ2) is 10.3. The molecule has 0 saturated carbocycles. The van der Waals surface area contributed by atoms with Crippen molar-refractivity contribution in [3.05, 3.63) is 101 Å². The van der Waals surface area contributed by atoms with E-state index in [-0.39, 0.29) is 0 Å². The molecule has 0 aliphatic carbocycles. The Morgan fingerprint density at radius 1 is 1.00 bits per heavy atom. The summed E-state index contributed by atoms with van der Waals surface area (Å²) >= 11 is 0. The zero-order valence-corrected chi connectivity index (χ0v) is 18.7. The summed E-state index contributed by atoms with van der Waals surface area (Å²) in [6, 6.07) is 22.2. The number of rotatable bonds is 8. The number of aliphatic hydroxyl groups excluding tert-OH is 1. The van der Waals surface area contributed by atoms with Crippen LogP contribution in [-0.2, 0) is 18.0 Å². The highest BCUT2D eigenvalue weighted by atomic mass is 16.7. The van der Waals surface area contributed by atoms with Crippen LogP contribution in [0, 0.1) is 0 Å². The average molecular weight is 443 g/mol. The molecule has 5 rings (SSSR count). The number of hydrogen-bond donors (Lipinski definition) is 3. The molecule has 0 spiro atoms. The summed E-state index contributed by atoms with van der Waals surface area (Å²) in [7, 11) is 0. The summed E-state index contributed by atoms with van der Waals surface area (Å²) in [4.78, 5) is 10.1.